The average Bonchev–Trinajstić information content (AvgIpc) is 2.58. The van der Waals surface area contributed by atoms with Crippen LogP contribution in [0.25, 0.3) is 0 Å². The Bertz CT molecular complexity index is 427. The zero-order valence-corrected chi connectivity index (χ0v) is 13.2. The molecule has 3 nitrogen and oxygen atoms in total. The number of hydrogen-bond acceptors (Lipinski definition) is 2. The monoisotopic (exact) mass is 263 g/mol. The summed E-state index contributed by atoms with van der Waals surface area (Å²) in [5.41, 5.74) is 8.60. The van der Waals surface area contributed by atoms with Crippen LogP contribution in [0.3, 0.4) is 0 Å². The molecule has 2 rings (SSSR count). The first-order chi connectivity index (χ1) is 8.63. The van der Waals surface area contributed by atoms with Gasteiger partial charge >= 0.3 is 0 Å². The molecule has 0 atom stereocenters. The van der Waals surface area contributed by atoms with Gasteiger partial charge in [0.1, 0.15) is 0 Å². The Hall–Kier alpha value is -0.830. The van der Waals surface area contributed by atoms with Crippen molar-refractivity contribution in [2.24, 2.45) is 16.6 Å². The van der Waals surface area contributed by atoms with E-state index in [1.165, 1.54) is 12.0 Å². The largest absolute Gasteiger partial charge is 0.325 e. The van der Waals surface area contributed by atoms with E-state index in [2.05, 4.69) is 45.9 Å². The molecule has 0 spiro atoms. The molecule has 0 amide bonds. The van der Waals surface area contributed by atoms with Gasteiger partial charge in [-0.15, -0.1) is 0 Å². The van der Waals surface area contributed by atoms with Gasteiger partial charge in [-0.2, -0.15) is 5.10 Å². The molecular formula is C16H29N3. The van der Waals surface area contributed by atoms with E-state index >= 15 is 0 Å². The van der Waals surface area contributed by atoms with E-state index in [9.17, 15) is 0 Å². The van der Waals surface area contributed by atoms with Crippen molar-refractivity contribution in [2.75, 3.05) is 0 Å². The number of nitrogens with zero attached hydrogens (tertiary/aromatic N) is 2. The van der Waals surface area contributed by atoms with E-state index in [0.29, 0.717) is 10.8 Å². The fraction of sp³-hybridized carbons (Fsp3) is 0.812. The lowest BCUT2D eigenvalue weighted by atomic mass is 9.57. The molecule has 1 aliphatic rings. The maximum Gasteiger partial charge on any atom is 0.0522 e. The summed E-state index contributed by atoms with van der Waals surface area (Å²) in [4.78, 5) is 0. The molecule has 1 saturated carbocycles. The second-order valence-corrected chi connectivity index (χ2v) is 8.10. The Morgan fingerprint density at radius 2 is 1.74 bits per heavy atom. The summed E-state index contributed by atoms with van der Waals surface area (Å²) in [6, 6.07) is 0. The Kier molecular flexibility index (Phi) is 3.54. The highest BCUT2D eigenvalue weighted by atomic mass is 15.3. The van der Waals surface area contributed by atoms with E-state index < -0.39 is 0 Å². The molecular weight excluding hydrogens is 234 g/mol. The van der Waals surface area contributed by atoms with Gasteiger partial charge in [0, 0.05) is 18.3 Å². The number of hydrogen-bond donors (Lipinski definition) is 1. The zero-order valence-electron chi connectivity index (χ0n) is 13.2. The molecule has 108 valence electrons. The summed E-state index contributed by atoms with van der Waals surface area (Å²) in [7, 11) is 0. The topological polar surface area (TPSA) is 43.8 Å². The van der Waals surface area contributed by atoms with Crippen molar-refractivity contribution in [1.29, 1.82) is 0 Å². The van der Waals surface area contributed by atoms with Gasteiger partial charge in [-0.25, -0.2) is 0 Å². The third-order valence-corrected chi connectivity index (χ3v) is 4.19. The van der Waals surface area contributed by atoms with Gasteiger partial charge in [-0.1, -0.05) is 27.7 Å². The van der Waals surface area contributed by atoms with E-state index in [1.54, 1.807) is 0 Å². The predicted octanol–water partition coefficient (Wildman–Crippen LogP) is 3.38. The standard InChI is InChI=1S/C16H29N3/c1-6-19-9-13(8-18-19)7-16(17)11-14(2,3)10-15(4,5)12-16/h8-9H,6-7,10-12,17H2,1-5H3. The second kappa shape index (κ2) is 4.62. The summed E-state index contributed by atoms with van der Waals surface area (Å²) in [6.45, 7) is 12.4. The van der Waals surface area contributed by atoms with Crippen molar-refractivity contribution in [1.82, 2.24) is 9.78 Å². The molecule has 0 unspecified atom stereocenters. The van der Waals surface area contributed by atoms with Crippen molar-refractivity contribution < 1.29 is 0 Å². The Morgan fingerprint density at radius 3 is 2.21 bits per heavy atom. The van der Waals surface area contributed by atoms with Gasteiger partial charge < -0.3 is 5.73 Å². The predicted molar refractivity (Wildman–Crippen MR) is 79.9 cm³/mol. The SMILES string of the molecule is CCn1cc(CC2(N)CC(C)(C)CC(C)(C)C2)cn1. The molecule has 0 aliphatic heterocycles. The molecule has 1 fully saturated rings. The van der Waals surface area contributed by atoms with Crippen molar-refractivity contribution in [3.8, 4) is 0 Å². The number of aromatic nitrogens is 2. The van der Waals surface area contributed by atoms with Crippen LogP contribution in [0, 0.1) is 10.8 Å². The Morgan fingerprint density at radius 1 is 1.16 bits per heavy atom. The summed E-state index contributed by atoms with van der Waals surface area (Å²) in [5.74, 6) is 0. The van der Waals surface area contributed by atoms with E-state index in [-0.39, 0.29) is 5.54 Å². The van der Waals surface area contributed by atoms with E-state index in [0.717, 1.165) is 25.8 Å². The molecule has 1 heterocycles. The first kappa shape index (κ1) is 14.6. The zero-order chi connectivity index (χ0) is 14.3. The lowest BCUT2D eigenvalue weighted by Crippen LogP contribution is -2.53. The molecule has 1 aliphatic carbocycles. The maximum atomic E-state index is 6.76. The molecule has 1 aromatic rings. The molecule has 2 N–H and O–H groups in total. The second-order valence-electron chi connectivity index (χ2n) is 8.10. The van der Waals surface area contributed by atoms with Gasteiger partial charge in [0.05, 0.1) is 6.20 Å². The van der Waals surface area contributed by atoms with Crippen LogP contribution in [0.15, 0.2) is 12.4 Å². The van der Waals surface area contributed by atoms with Crippen LogP contribution in [-0.2, 0) is 13.0 Å². The maximum absolute atomic E-state index is 6.76. The third-order valence-electron chi connectivity index (χ3n) is 4.19. The van der Waals surface area contributed by atoms with Crippen LogP contribution in [0.2, 0.25) is 0 Å². The first-order valence-corrected chi connectivity index (χ1v) is 7.43. The van der Waals surface area contributed by atoms with Gasteiger partial charge in [0.2, 0.25) is 0 Å². The number of aryl methyl sites for hydroxylation is 1. The molecule has 0 radical (unpaired) electrons. The molecule has 19 heavy (non-hydrogen) atoms. The third kappa shape index (κ3) is 3.59. The van der Waals surface area contributed by atoms with Crippen LogP contribution in [0.5, 0.6) is 0 Å². The molecule has 3 heteroatoms. The van der Waals surface area contributed by atoms with E-state index in [4.69, 9.17) is 5.73 Å². The van der Waals surface area contributed by atoms with Gasteiger partial charge in [0.15, 0.2) is 0 Å². The Labute approximate surface area is 117 Å². The number of nitrogens with two attached hydrogens (primary N) is 1. The summed E-state index contributed by atoms with van der Waals surface area (Å²) < 4.78 is 1.98. The fourth-order valence-corrected chi connectivity index (χ4v) is 4.59. The first-order valence-electron chi connectivity index (χ1n) is 7.43. The summed E-state index contributed by atoms with van der Waals surface area (Å²) in [5, 5.41) is 4.37. The average molecular weight is 263 g/mol. The van der Waals surface area contributed by atoms with Gasteiger partial charge in [-0.3, -0.25) is 4.68 Å². The number of rotatable bonds is 3. The van der Waals surface area contributed by atoms with Crippen molar-refractivity contribution in [3.63, 3.8) is 0 Å². The van der Waals surface area contributed by atoms with Crippen LogP contribution >= 0.6 is 0 Å². The highest BCUT2D eigenvalue weighted by Crippen LogP contribution is 2.49. The molecule has 0 saturated heterocycles. The molecule has 0 bridgehead atoms. The minimum absolute atomic E-state index is 0.0904. The van der Waals surface area contributed by atoms with Gasteiger partial charge in [0.25, 0.3) is 0 Å². The van der Waals surface area contributed by atoms with Crippen LogP contribution < -0.4 is 5.73 Å². The summed E-state index contributed by atoms with van der Waals surface area (Å²) in [6.07, 6.45) is 8.52. The van der Waals surface area contributed by atoms with Crippen molar-refractivity contribution >= 4 is 0 Å². The van der Waals surface area contributed by atoms with E-state index in [1.807, 2.05) is 10.9 Å². The lowest BCUT2D eigenvalue weighted by Gasteiger charge is -2.50. The lowest BCUT2D eigenvalue weighted by molar-refractivity contribution is 0.0487. The summed E-state index contributed by atoms with van der Waals surface area (Å²) >= 11 is 0. The highest BCUT2D eigenvalue weighted by Gasteiger charge is 2.45. The van der Waals surface area contributed by atoms with Crippen molar-refractivity contribution in [2.45, 2.75) is 72.4 Å². The minimum atomic E-state index is -0.0904. The Balaban J connectivity index is 2.17. The smallest absolute Gasteiger partial charge is 0.0522 e. The molecule has 0 aromatic carbocycles. The van der Waals surface area contributed by atoms with Gasteiger partial charge in [-0.05, 0) is 49.0 Å². The van der Waals surface area contributed by atoms with Crippen molar-refractivity contribution in [3.05, 3.63) is 18.0 Å². The highest BCUT2D eigenvalue weighted by molar-refractivity contribution is 5.13. The normalized spacial score (nSPS) is 24.3. The van der Waals surface area contributed by atoms with Crippen LogP contribution in [-0.4, -0.2) is 15.3 Å². The van der Waals surface area contributed by atoms with Crippen LogP contribution in [0.1, 0.15) is 59.4 Å². The van der Waals surface area contributed by atoms with Crippen LogP contribution in [0.4, 0.5) is 0 Å². The minimum Gasteiger partial charge on any atom is -0.325 e. The molecule has 1 aromatic heterocycles. The fourth-order valence-electron chi connectivity index (χ4n) is 4.59. The quantitative estimate of drug-likeness (QED) is 0.908.